The summed E-state index contributed by atoms with van der Waals surface area (Å²) in [7, 11) is 0. The summed E-state index contributed by atoms with van der Waals surface area (Å²) in [5, 5.41) is 3.25. The van der Waals surface area contributed by atoms with Crippen molar-refractivity contribution in [3.63, 3.8) is 0 Å². The van der Waals surface area contributed by atoms with Gasteiger partial charge < -0.3 is 5.32 Å². The van der Waals surface area contributed by atoms with Crippen LogP contribution in [0.4, 0.5) is 11.4 Å². The Bertz CT molecular complexity index is 1210. The Morgan fingerprint density at radius 2 is 1.52 bits per heavy atom. The molecule has 0 bridgehead atoms. The molecule has 4 heteroatoms. The average molecular weight is 411 g/mol. The van der Waals surface area contributed by atoms with E-state index in [0.29, 0.717) is 17.0 Å². The van der Waals surface area contributed by atoms with Gasteiger partial charge in [-0.1, -0.05) is 61.0 Å². The van der Waals surface area contributed by atoms with Gasteiger partial charge in [-0.05, 0) is 67.6 Å². The van der Waals surface area contributed by atoms with Gasteiger partial charge >= 0.3 is 0 Å². The van der Waals surface area contributed by atoms with Crippen molar-refractivity contribution in [2.24, 2.45) is 0 Å². The van der Waals surface area contributed by atoms with Crippen LogP contribution in [0.1, 0.15) is 34.7 Å². The summed E-state index contributed by atoms with van der Waals surface area (Å²) in [5.41, 5.74) is 7.03. The van der Waals surface area contributed by atoms with E-state index in [4.69, 9.17) is 0 Å². The number of carbonyl (C=O) groups is 2. The third-order valence-electron chi connectivity index (χ3n) is 5.72. The molecule has 2 amide bonds. The quantitative estimate of drug-likeness (QED) is 0.559. The van der Waals surface area contributed by atoms with Gasteiger partial charge in [-0.3, -0.25) is 9.59 Å². The van der Waals surface area contributed by atoms with Gasteiger partial charge in [0.2, 0.25) is 0 Å². The first-order valence-corrected chi connectivity index (χ1v) is 10.5. The largest absolute Gasteiger partial charge is 0.350 e. The molecule has 0 atom stereocenters. The second-order valence-electron chi connectivity index (χ2n) is 7.98. The Balaban J connectivity index is 1.85. The number of hydrogen-bond donors (Lipinski definition) is 1. The van der Waals surface area contributed by atoms with Crippen LogP contribution >= 0.6 is 0 Å². The average Bonchev–Trinajstić information content (AvgIpc) is 2.99. The maximum absolute atomic E-state index is 13.6. The predicted octanol–water partition coefficient (Wildman–Crippen LogP) is 5.57. The minimum atomic E-state index is -0.339. The number of carbonyl (C=O) groups excluding carboxylic acids is 2. The first-order chi connectivity index (χ1) is 14.9. The van der Waals surface area contributed by atoms with Crippen LogP contribution in [-0.4, -0.2) is 11.8 Å². The second kappa shape index (κ2) is 8.23. The van der Waals surface area contributed by atoms with Crippen molar-refractivity contribution in [2.75, 3.05) is 10.2 Å². The van der Waals surface area contributed by atoms with Crippen LogP contribution in [0.3, 0.4) is 0 Å². The zero-order valence-corrected chi connectivity index (χ0v) is 18.3. The number of nitrogens with zero attached hydrogens (tertiary/aromatic N) is 1. The molecule has 0 unspecified atom stereocenters. The second-order valence-corrected chi connectivity index (χ2v) is 7.98. The number of rotatable bonds is 5. The third-order valence-corrected chi connectivity index (χ3v) is 5.72. The van der Waals surface area contributed by atoms with Gasteiger partial charge in [0.15, 0.2) is 0 Å². The first kappa shape index (κ1) is 20.6. The summed E-state index contributed by atoms with van der Waals surface area (Å²) in [6.07, 6.45) is 0.940. The zero-order chi connectivity index (χ0) is 22.1. The minimum Gasteiger partial charge on any atom is -0.350 e. The van der Waals surface area contributed by atoms with Crippen LogP contribution in [0.25, 0.3) is 5.57 Å². The van der Waals surface area contributed by atoms with E-state index in [1.54, 1.807) is 0 Å². The molecule has 0 spiro atoms. The molecule has 0 aliphatic carbocycles. The summed E-state index contributed by atoms with van der Waals surface area (Å²) < 4.78 is 0. The van der Waals surface area contributed by atoms with Gasteiger partial charge in [-0.2, -0.15) is 0 Å². The lowest BCUT2D eigenvalue weighted by molar-refractivity contribution is -0.120. The molecule has 4 nitrogen and oxygen atoms in total. The van der Waals surface area contributed by atoms with Crippen LogP contribution in [0.15, 0.2) is 72.4 Å². The van der Waals surface area contributed by atoms with E-state index in [1.165, 1.54) is 10.5 Å². The summed E-state index contributed by atoms with van der Waals surface area (Å²) in [5.74, 6) is -0.646. The van der Waals surface area contributed by atoms with E-state index in [1.807, 2.05) is 87.5 Å². The van der Waals surface area contributed by atoms with Crippen molar-refractivity contribution < 1.29 is 9.59 Å². The third kappa shape index (κ3) is 3.77. The van der Waals surface area contributed by atoms with Crippen molar-refractivity contribution in [2.45, 2.75) is 34.1 Å². The maximum atomic E-state index is 13.6. The molecule has 1 aliphatic rings. The Morgan fingerprint density at radius 3 is 2.16 bits per heavy atom. The summed E-state index contributed by atoms with van der Waals surface area (Å²) >= 11 is 0. The Morgan fingerprint density at radius 1 is 0.806 bits per heavy atom. The van der Waals surface area contributed by atoms with Crippen molar-refractivity contribution >= 4 is 28.8 Å². The maximum Gasteiger partial charge on any atom is 0.282 e. The molecule has 1 aliphatic heterocycles. The van der Waals surface area contributed by atoms with Gasteiger partial charge in [0.25, 0.3) is 11.8 Å². The lowest BCUT2D eigenvalue weighted by atomic mass is 9.97. The van der Waals surface area contributed by atoms with E-state index in [9.17, 15) is 9.59 Å². The lowest BCUT2D eigenvalue weighted by Gasteiger charge is -2.18. The van der Waals surface area contributed by atoms with Crippen LogP contribution < -0.4 is 10.2 Å². The van der Waals surface area contributed by atoms with Crippen molar-refractivity contribution in [3.05, 3.63) is 100 Å². The van der Waals surface area contributed by atoms with Crippen LogP contribution in [-0.2, 0) is 16.0 Å². The molecule has 0 radical (unpaired) electrons. The number of imide groups is 1. The standard InChI is InChI=1S/C27H26N2O2/c1-5-20-11-13-21(14-12-20)28-25-24(22-15-10-17(2)16-19(22)4)26(30)29(27(25)31)23-9-7-6-8-18(23)3/h6-16,28H,5H2,1-4H3. The van der Waals surface area contributed by atoms with Gasteiger partial charge in [0, 0.05) is 5.69 Å². The molecule has 3 aromatic rings. The molecular formula is C27H26N2O2. The number of anilines is 2. The fraction of sp³-hybridized carbons (Fsp3) is 0.185. The molecule has 1 heterocycles. The number of para-hydroxylation sites is 1. The molecule has 3 aromatic carbocycles. The van der Waals surface area contributed by atoms with E-state index < -0.39 is 0 Å². The van der Waals surface area contributed by atoms with Gasteiger partial charge in [-0.15, -0.1) is 0 Å². The van der Waals surface area contributed by atoms with Crippen LogP contribution in [0, 0.1) is 20.8 Å². The van der Waals surface area contributed by atoms with E-state index >= 15 is 0 Å². The minimum absolute atomic E-state index is 0.307. The molecule has 0 saturated heterocycles. The van der Waals surface area contributed by atoms with Crippen LogP contribution in [0.5, 0.6) is 0 Å². The molecule has 0 aromatic heterocycles. The summed E-state index contributed by atoms with van der Waals surface area (Å²) in [4.78, 5) is 28.4. The summed E-state index contributed by atoms with van der Waals surface area (Å²) in [6.45, 7) is 7.99. The highest BCUT2D eigenvalue weighted by Gasteiger charge is 2.41. The Kier molecular flexibility index (Phi) is 5.47. The molecule has 0 saturated carbocycles. The SMILES string of the molecule is CCc1ccc(NC2=C(c3ccc(C)cc3C)C(=O)N(c3ccccc3C)C2=O)cc1. The number of hydrogen-bond acceptors (Lipinski definition) is 3. The molecule has 156 valence electrons. The smallest absolute Gasteiger partial charge is 0.282 e. The summed E-state index contributed by atoms with van der Waals surface area (Å²) in [6, 6.07) is 21.3. The van der Waals surface area contributed by atoms with E-state index in [0.717, 1.165) is 34.4 Å². The van der Waals surface area contributed by atoms with Crippen molar-refractivity contribution in [1.82, 2.24) is 0 Å². The van der Waals surface area contributed by atoms with Crippen LogP contribution in [0.2, 0.25) is 0 Å². The molecule has 1 N–H and O–H groups in total. The van der Waals surface area contributed by atoms with Gasteiger partial charge in [0.1, 0.15) is 5.70 Å². The Labute approximate surface area is 183 Å². The predicted molar refractivity (Wildman–Crippen MR) is 126 cm³/mol. The van der Waals surface area contributed by atoms with E-state index in [-0.39, 0.29) is 11.8 Å². The molecule has 0 fully saturated rings. The van der Waals surface area contributed by atoms with Gasteiger partial charge in [0.05, 0.1) is 11.3 Å². The monoisotopic (exact) mass is 410 g/mol. The van der Waals surface area contributed by atoms with Gasteiger partial charge in [-0.25, -0.2) is 4.90 Å². The number of amides is 2. The topological polar surface area (TPSA) is 49.4 Å². The number of nitrogens with one attached hydrogen (secondary N) is 1. The van der Waals surface area contributed by atoms with Crippen molar-refractivity contribution in [1.29, 1.82) is 0 Å². The normalized spacial score (nSPS) is 13.9. The number of benzene rings is 3. The first-order valence-electron chi connectivity index (χ1n) is 10.5. The highest BCUT2D eigenvalue weighted by Crippen LogP contribution is 2.36. The highest BCUT2D eigenvalue weighted by molar-refractivity contribution is 6.46. The van der Waals surface area contributed by atoms with Crippen molar-refractivity contribution in [3.8, 4) is 0 Å². The molecule has 4 rings (SSSR count). The fourth-order valence-corrected chi connectivity index (χ4v) is 3.99. The molecule has 31 heavy (non-hydrogen) atoms. The Hall–Kier alpha value is -3.66. The zero-order valence-electron chi connectivity index (χ0n) is 18.3. The number of aryl methyl sites for hydroxylation is 4. The lowest BCUT2D eigenvalue weighted by Crippen LogP contribution is -2.33. The highest BCUT2D eigenvalue weighted by atomic mass is 16.2. The van der Waals surface area contributed by atoms with E-state index in [2.05, 4.69) is 12.2 Å². The fourth-order valence-electron chi connectivity index (χ4n) is 3.99. The molecular weight excluding hydrogens is 384 g/mol.